The fourth-order valence-electron chi connectivity index (χ4n) is 3.65. The molecule has 27 heavy (non-hydrogen) atoms. The maximum Gasteiger partial charge on any atom is 0.243 e. The van der Waals surface area contributed by atoms with Crippen LogP contribution in [0.5, 0.6) is 0 Å². The number of nitrogens with two attached hydrogens (primary N) is 1. The minimum Gasteiger partial charge on any atom is -0.331 e. The van der Waals surface area contributed by atoms with E-state index in [1.165, 1.54) is 4.31 Å². The smallest absolute Gasteiger partial charge is 0.243 e. The van der Waals surface area contributed by atoms with E-state index < -0.39 is 16.1 Å². The molecule has 2 heterocycles. The number of thioether (sulfide) groups is 1. The number of carbonyl (C=O) groups is 1. The third-order valence-corrected chi connectivity index (χ3v) is 8.42. The SMILES string of the molecule is CC(C)c1ccc(S(=O)(=O)N2CCC(C(N)C(=O)N3CCSC3)CC2)cc1. The molecule has 0 radical (unpaired) electrons. The molecule has 0 bridgehead atoms. The van der Waals surface area contributed by atoms with Crippen molar-refractivity contribution in [2.45, 2.75) is 43.5 Å². The summed E-state index contributed by atoms with van der Waals surface area (Å²) in [5.74, 6) is 2.09. The molecule has 0 aliphatic carbocycles. The molecule has 6 nitrogen and oxygen atoms in total. The number of benzene rings is 1. The van der Waals surface area contributed by atoms with Gasteiger partial charge in [-0.05, 0) is 42.4 Å². The molecular formula is C19H29N3O3S2. The Kier molecular flexibility index (Phi) is 6.50. The van der Waals surface area contributed by atoms with Gasteiger partial charge in [-0.3, -0.25) is 4.79 Å². The van der Waals surface area contributed by atoms with Crippen LogP contribution in [0.1, 0.15) is 38.2 Å². The van der Waals surface area contributed by atoms with Crippen molar-refractivity contribution in [3.63, 3.8) is 0 Å². The Hall–Kier alpha value is -1.09. The van der Waals surface area contributed by atoms with Gasteiger partial charge >= 0.3 is 0 Å². The van der Waals surface area contributed by atoms with Crippen molar-refractivity contribution >= 4 is 27.7 Å². The maximum absolute atomic E-state index is 12.9. The van der Waals surface area contributed by atoms with Crippen LogP contribution in [0.3, 0.4) is 0 Å². The molecule has 2 aliphatic heterocycles. The summed E-state index contributed by atoms with van der Waals surface area (Å²) in [4.78, 5) is 14.6. The van der Waals surface area contributed by atoms with Crippen LogP contribution < -0.4 is 5.73 Å². The van der Waals surface area contributed by atoms with Gasteiger partial charge in [0.2, 0.25) is 15.9 Å². The predicted molar refractivity (Wildman–Crippen MR) is 109 cm³/mol. The van der Waals surface area contributed by atoms with Crippen LogP contribution in [0.4, 0.5) is 0 Å². The number of rotatable bonds is 5. The molecule has 8 heteroatoms. The summed E-state index contributed by atoms with van der Waals surface area (Å²) in [6.45, 7) is 5.75. The van der Waals surface area contributed by atoms with E-state index in [4.69, 9.17) is 5.73 Å². The zero-order valence-electron chi connectivity index (χ0n) is 16.0. The zero-order chi connectivity index (χ0) is 19.6. The highest BCUT2D eigenvalue weighted by Crippen LogP contribution is 2.27. The second-order valence-corrected chi connectivity index (χ2v) is 10.6. The van der Waals surface area contributed by atoms with Gasteiger partial charge in [0.05, 0.1) is 16.8 Å². The first-order chi connectivity index (χ1) is 12.8. The second kappa shape index (κ2) is 8.51. The third kappa shape index (κ3) is 4.50. The molecule has 150 valence electrons. The van der Waals surface area contributed by atoms with Crippen molar-refractivity contribution in [3.05, 3.63) is 29.8 Å². The molecule has 1 aromatic carbocycles. The van der Waals surface area contributed by atoms with Gasteiger partial charge < -0.3 is 10.6 Å². The van der Waals surface area contributed by atoms with E-state index in [9.17, 15) is 13.2 Å². The Balaban J connectivity index is 1.61. The largest absolute Gasteiger partial charge is 0.331 e. The lowest BCUT2D eigenvalue weighted by Gasteiger charge is -2.34. The first kappa shape index (κ1) is 20.6. The molecule has 1 aromatic rings. The van der Waals surface area contributed by atoms with E-state index in [2.05, 4.69) is 13.8 Å². The van der Waals surface area contributed by atoms with Gasteiger partial charge in [-0.1, -0.05) is 26.0 Å². The monoisotopic (exact) mass is 411 g/mol. The Morgan fingerprint density at radius 3 is 2.30 bits per heavy atom. The molecule has 1 unspecified atom stereocenters. The molecule has 0 aromatic heterocycles. The molecule has 2 fully saturated rings. The van der Waals surface area contributed by atoms with E-state index in [0.717, 1.165) is 17.9 Å². The first-order valence-electron chi connectivity index (χ1n) is 9.53. The van der Waals surface area contributed by atoms with Crippen LogP contribution in [0.25, 0.3) is 0 Å². The summed E-state index contributed by atoms with van der Waals surface area (Å²) in [6, 6.07) is 6.62. The molecule has 2 saturated heterocycles. The van der Waals surface area contributed by atoms with Gasteiger partial charge in [0.15, 0.2) is 0 Å². The molecular weight excluding hydrogens is 382 g/mol. The molecule has 0 spiro atoms. The standard InChI is InChI=1S/C19H29N3O3S2/c1-14(2)15-3-5-17(6-4-15)27(24,25)22-9-7-16(8-10-22)18(20)19(23)21-11-12-26-13-21/h3-6,14,16,18H,7-13,20H2,1-2H3. The molecule has 2 N–H and O–H groups in total. The van der Waals surface area contributed by atoms with Crippen molar-refractivity contribution in [2.24, 2.45) is 11.7 Å². The van der Waals surface area contributed by atoms with Gasteiger partial charge in [-0.2, -0.15) is 4.31 Å². The fourth-order valence-corrected chi connectivity index (χ4v) is 6.07. The van der Waals surface area contributed by atoms with Crippen LogP contribution in [0.2, 0.25) is 0 Å². The summed E-state index contributed by atoms with van der Waals surface area (Å²) < 4.78 is 27.3. The Morgan fingerprint density at radius 1 is 1.15 bits per heavy atom. The first-order valence-corrected chi connectivity index (χ1v) is 12.1. The van der Waals surface area contributed by atoms with Crippen molar-refractivity contribution in [3.8, 4) is 0 Å². The third-order valence-electron chi connectivity index (χ3n) is 5.54. The second-order valence-electron chi connectivity index (χ2n) is 7.63. The van der Waals surface area contributed by atoms with Crippen LogP contribution in [-0.4, -0.2) is 60.8 Å². The summed E-state index contributed by atoms with van der Waals surface area (Å²) in [5, 5.41) is 0. The number of hydrogen-bond acceptors (Lipinski definition) is 5. The van der Waals surface area contributed by atoms with Crippen LogP contribution >= 0.6 is 11.8 Å². The molecule has 3 rings (SSSR count). The fraction of sp³-hybridized carbons (Fsp3) is 0.632. The number of sulfonamides is 1. The molecule has 1 atom stereocenters. The highest BCUT2D eigenvalue weighted by atomic mass is 32.2. The van der Waals surface area contributed by atoms with Crippen molar-refractivity contribution < 1.29 is 13.2 Å². The van der Waals surface area contributed by atoms with Gasteiger partial charge in [0.25, 0.3) is 0 Å². The lowest BCUT2D eigenvalue weighted by Crippen LogP contribution is -2.50. The van der Waals surface area contributed by atoms with Crippen molar-refractivity contribution in [1.82, 2.24) is 9.21 Å². The van der Waals surface area contributed by atoms with E-state index in [1.807, 2.05) is 17.0 Å². The quantitative estimate of drug-likeness (QED) is 0.802. The van der Waals surface area contributed by atoms with Crippen LogP contribution in [0.15, 0.2) is 29.2 Å². The van der Waals surface area contributed by atoms with E-state index >= 15 is 0 Å². The van der Waals surface area contributed by atoms with Crippen molar-refractivity contribution in [1.29, 1.82) is 0 Å². The van der Waals surface area contributed by atoms with Crippen molar-refractivity contribution in [2.75, 3.05) is 31.3 Å². The minimum atomic E-state index is -3.50. The average Bonchev–Trinajstić information content (AvgIpc) is 3.21. The number of hydrogen-bond donors (Lipinski definition) is 1. The highest BCUT2D eigenvalue weighted by Gasteiger charge is 2.35. The number of nitrogens with zero attached hydrogens (tertiary/aromatic N) is 2. The number of carbonyl (C=O) groups excluding carboxylic acids is 1. The molecule has 1 amide bonds. The topological polar surface area (TPSA) is 83.7 Å². The number of piperidine rings is 1. The summed E-state index contributed by atoms with van der Waals surface area (Å²) in [6.07, 6.45) is 1.24. The number of amides is 1. The maximum atomic E-state index is 12.9. The average molecular weight is 412 g/mol. The van der Waals surface area contributed by atoms with E-state index in [1.54, 1.807) is 23.9 Å². The van der Waals surface area contributed by atoms with E-state index in [-0.39, 0.29) is 11.8 Å². The Bertz CT molecular complexity index is 751. The molecule has 2 aliphatic rings. The Morgan fingerprint density at radius 2 is 1.78 bits per heavy atom. The highest BCUT2D eigenvalue weighted by molar-refractivity contribution is 7.99. The summed E-state index contributed by atoms with van der Waals surface area (Å²) in [5.41, 5.74) is 7.34. The lowest BCUT2D eigenvalue weighted by molar-refractivity contribution is -0.132. The summed E-state index contributed by atoms with van der Waals surface area (Å²) in [7, 11) is -3.50. The normalized spacial score (nSPS) is 21.0. The Labute approximate surface area is 166 Å². The molecule has 0 saturated carbocycles. The van der Waals surface area contributed by atoms with Crippen LogP contribution in [-0.2, 0) is 14.8 Å². The summed E-state index contributed by atoms with van der Waals surface area (Å²) >= 11 is 1.74. The zero-order valence-corrected chi connectivity index (χ0v) is 17.6. The van der Waals surface area contributed by atoms with Gasteiger partial charge in [0, 0.05) is 25.4 Å². The van der Waals surface area contributed by atoms with Crippen LogP contribution in [0, 0.1) is 5.92 Å². The van der Waals surface area contributed by atoms with Gasteiger partial charge in [-0.25, -0.2) is 8.42 Å². The predicted octanol–water partition coefficient (Wildman–Crippen LogP) is 2.07. The van der Waals surface area contributed by atoms with Gasteiger partial charge in [-0.15, -0.1) is 11.8 Å². The minimum absolute atomic E-state index is 0.00517. The van der Waals surface area contributed by atoms with Gasteiger partial charge in [0.1, 0.15) is 0 Å². The lowest BCUT2D eigenvalue weighted by atomic mass is 9.90. The van der Waals surface area contributed by atoms with E-state index in [0.29, 0.717) is 42.6 Å².